The zero-order chi connectivity index (χ0) is 14.1. The third-order valence-electron chi connectivity index (χ3n) is 2.93. The fraction of sp³-hybridized carbons (Fsp3) is 0.0714. The number of aromatic hydroxyl groups is 1. The predicted molar refractivity (Wildman–Crippen MR) is 77.7 cm³/mol. The van der Waals surface area contributed by atoms with Crippen molar-refractivity contribution in [1.29, 1.82) is 0 Å². The van der Waals surface area contributed by atoms with Gasteiger partial charge in [-0.05, 0) is 30.4 Å². The predicted octanol–water partition coefficient (Wildman–Crippen LogP) is 2.45. The van der Waals surface area contributed by atoms with Crippen molar-refractivity contribution in [3.8, 4) is 5.75 Å². The van der Waals surface area contributed by atoms with Crippen molar-refractivity contribution < 1.29 is 9.90 Å². The molecule has 0 bridgehead atoms. The number of hydrogen-bond acceptors (Lipinski definition) is 3. The first-order valence-corrected chi connectivity index (χ1v) is 6.31. The lowest BCUT2D eigenvalue weighted by Gasteiger charge is -2.10. The lowest BCUT2D eigenvalue weighted by molar-refractivity contribution is 0.251. The summed E-state index contributed by atoms with van der Waals surface area (Å²) >= 11 is 5.86. The van der Waals surface area contributed by atoms with Gasteiger partial charge in [0.2, 0.25) is 0 Å². The number of nitrogens with zero attached hydrogens (tertiary/aromatic N) is 2. The second-order valence-electron chi connectivity index (χ2n) is 4.35. The molecule has 1 aromatic rings. The number of fused-ring (bicyclic) bond motifs is 1. The fourth-order valence-corrected chi connectivity index (χ4v) is 2.12. The van der Waals surface area contributed by atoms with Crippen LogP contribution in [-0.2, 0) is 0 Å². The first-order chi connectivity index (χ1) is 9.61. The molecule has 1 heterocycles. The Balaban J connectivity index is 1.85. The topological polar surface area (TPSA) is 74.0 Å². The minimum Gasteiger partial charge on any atom is -0.507 e. The Labute approximate surface area is 120 Å². The van der Waals surface area contributed by atoms with E-state index in [0.717, 1.165) is 0 Å². The van der Waals surface area contributed by atoms with Crippen LogP contribution in [0.4, 0.5) is 4.79 Å². The summed E-state index contributed by atoms with van der Waals surface area (Å²) < 4.78 is 0. The van der Waals surface area contributed by atoms with Crippen molar-refractivity contribution in [2.45, 2.75) is 6.04 Å². The van der Waals surface area contributed by atoms with E-state index in [-0.39, 0.29) is 17.8 Å². The Bertz CT molecular complexity index is 704. The summed E-state index contributed by atoms with van der Waals surface area (Å²) in [6.07, 6.45) is 6.84. The van der Waals surface area contributed by atoms with Crippen LogP contribution in [0.3, 0.4) is 0 Å². The Morgan fingerprint density at radius 2 is 2.30 bits per heavy atom. The van der Waals surface area contributed by atoms with Crippen LogP contribution in [0.1, 0.15) is 5.56 Å². The van der Waals surface area contributed by atoms with Gasteiger partial charge in [0.15, 0.2) is 0 Å². The van der Waals surface area contributed by atoms with E-state index >= 15 is 0 Å². The van der Waals surface area contributed by atoms with Crippen LogP contribution in [0.5, 0.6) is 5.75 Å². The summed E-state index contributed by atoms with van der Waals surface area (Å²) in [5.41, 5.74) is 1.81. The van der Waals surface area contributed by atoms with Crippen molar-refractivity contribution >= 4 is 29.6 Å². The Hall–Kier alpha value is -2.40. The molecule has 1 aromatic carbocycles. The molecule has 1 atom stereocenters. The number of hydrogen-bond donors (Lipinski definition) is 2. The van der Waals surface area contributed by atoms with Crippen molar-refractivity contribution in [2.24, 2.45) is 9.98 Å². The van der Waals surface area contributed by atoms with Crippen LogP contribution in [0.2, 0.25) is 5.02 Å². The average molecular weight is 288 g/mol. The summed E-state index contributed by atoms with van der Waals surface area (Å²) in [5.74, 6) is 0.103. The van der Waals surface area contributed by atoms with Crippen LogP contribution in [0.15, 0.2) is 52.1 Å². The lowest BCUT2D eigenvalue weighted by atomic mass is 10.1. The molecule has 100 valence electrons. The summed E-state index contributed by atoms with van der Waals surface area (Å²) in [7, 11) is 0. The number of carbonyl (C=O) groups excluding carboxylic acids is 1. The van der Waals surface area contributed by atoms with Crippen molar-refractivity contribution in [1.82, 2.24) is 5.32 Å². The largest absolute Gasteiger partial charge is 0.507 e. The smallest absolute Gasteiger partial charge is 0.342 e. The summed E-state index contributed by atoms with van der Waals surface area (Å²) in [6.45, 7) is 0. The molecule has 0 fully saturated rings. The minimum absolute atomic E-state index is 0.103. The molecule has 6 heteroatoms. The molecule has 0 saturated heterocycles. The van der Waals surface area contributed by atoms with Gasteiger partial charge in [-0.3, -0.25) is 4.99 Å². The van der Waals surface area contributed by atoms with Crippen molar-refractivity contribution in [3.63, 3.8) is 0 Å². The molecule has 1 aliphatic carbocycles. The van der Waals surface area contributed by atoms with E-state index in [4.69, 9.17) is 11.6 Å². The first kappa shape index (κ1) is 12.6. The van der Waals surface area contributed by atoms with Gasteiger partial charge in [0.05, 0.1) is 17.5 Å². The highest BCUT2D eigenvalue weighted by atomic mass is 35.5. The maximum atomic E-state index is 11.1. The van der Waals surface area contributed by atoms with E-state index in [1.807, 2.05) is 6.08 Å². The number of urea groups is 1. The fourth-order valence-electron chi connectivity index (χ4n) is 1.94. The third-order valence-corrected chi connectivity index (χ3v) is 3.16. The number of amides is 2. The van der Waals surface area contributed by atoms with E-state index in [0.29, 0.717) is 22.0 Å². The molecule has 0 spiro atoms. The Morgan fingerprint density at radius 3 is 3.15 bits per heavy atom. The highest BCUT2D eigenvalue weighted by Gasteiger charge is 2.24. The molecule has 1 aliphatic heterocycles. The summed E-state index contributed by atoms with van der Waals surface area (Å²) in [5, 5.41) is 12.9. The Morgan fingerprint density at radius 1 is 1.45 bits per heavy atom. The number of benzene rings is 1. The number of nitrogens with one attached hydrogen (secondary N) is 1. The normalized spacial score (nSPS) is 20.6. The molecule has 20 heavy (non-hydrogen) atoms. The van der Waals surface area contributed by atoms with Crippen LogP contribution >= 0.6 is 11.6 Å². The standard InChI is InChI=1S/C14H10ClN3O2/c15-9-1-4-13(19)8(5-9)7-16-10-2-3-11-12(6-10)18-14(20)17-11/h1-7,11,19H,(H,17,20). The van der Waals surface area contributed by atoms with Crippen LogP contribution in [0, 0.1) is 0 Å². The number of carbonyl (C=O) groups is 1. The number of rotatable bonds is 2. The molecular weight excluding hydrogens is 278 g/mol. The van der Waals surface area contributed by atoms with E-state index in [9.17, 15) is 9.90 Å². The van der Waals surface area contributed by atoms with E-state index < -0.39 is 0 Å². The van der Waals surface area contributed by atoms with Crippen LogP contribution < -0.4 is 5.32 Å². The summed E-state index contributed by atoms with van der Waals surface area (Å²) in [6, 6.07) is 4.22. The van der Waals surface area contributed by atoms with Gasteiger partial charge in [-0.2, -0.15) is 4.99 Å². The van der Waals surface area contributed by atoms with Gasteiger partial charge >= 0.3 is 6.03 Å². The molecule has 3 rings (SSSR count). The van der Waals surface area contributed by atoms with Gasteiger partial charge in [0.1, 0.15) is 5.75 Å². The average Bonchev–Trinajstić information content (AvgIpc) is 2.79. The van der Waals surface area contributed by atoms with Crippen molar-refractivity contribution in [3.05, 3.63) is 52.7 Å². The van der Waals surface area contributed by atoms with Gasteiger partial charge < -0.3 is 10.4 Å². The number of allylic oxidation sites excluding steroid dienone is 1. The van der Waals surface area contributed by atoms with E-state index in [1.165, 1.54) is 12.3 Å². The van der Waals surface area contributed by atoms with Gasteiger partial charge in [0, 0.05) is 16.8 Å². The maximum absolute atomic E-state index is 11.1. The van der Waals surface area contributed by atoms with Crippen LogP contribution in [0.25, 0.3) is 0 Å². The van der Waals surface area contributed by atoms with E-state index in [2.05, 4.69) is 15.3 Å². The van der Waals surface area contributed by atoms with E-state index in [1.54, 1.807) is 24.3 Å². The number of phenols is 1. The molecule has 0 radical (unpaired) electrons. The molecule has 2 N–H and O–H groups in total. The quantitative estimate of drug-likeness (QED) is 0.820. The molecule has 2 amide bonds. The Kier molecular flexibility index (Phi) is 3.12. The third kappa shape index (κ3) is 2.48. The van der Waals surface area contributed by atoms with Gasteiger partial charge in [-0.1, -0.05) is 17.7 Å². The monoisotopic (exact) mass is 287 g/mol. The zero-order valence-corrected chi connectivity index (χ0v) is 11.0. The first-order valence-electron chi connectivity index (χ1n) is 5.93. The molecular formula is C14H10ClN3O2. The highest BCUT2D eigenvalue weighted by molar-refractivity contribution is 6.30. The molecule has 1 unspecified atom stereocenters. The highest BCUT2D eigenvalue weighted by Crippen LogP contribution is 2.20. The maximum Gasteiger partial charge on any atom is 0.342 e. The minimum atomic E-state index is -0.344. The molecule has 0 saturated carbocycles. The van der Waals surface area contributed by atoms with Gasteiger partial charge in [0.25, 0.3) is 0 Å². The van der Waals surface area contributed by atoms with Gasteiger partial charge in [-0.15, -0.1) is 0 Å². The molecule has 0 aromatic heterocycles. The second kappa shape index (κ2) is 4.94. The van der Waals surface area contributed by atoms with Crippen LogP contribution in [-0.4, -0.2) is 29.1 Å². The van der Waals surface area contributed by atoms with Crippen molar-refractivity contribution in [2.75, 3.05) is 0 Å². The molecule has 2 aliphatic rings. The summed E-state index contributed by atoms with van der Waals surface area (Å²) in [4.78, 5) is 19.2. The number of phenolic OH excluding ortho intramolecular Hbond substituents is 1. The SMILES string of the molecule is O=C1N=C2C=C(N=Cc3cc(Cl)ccc3O)C=CC2N1. The lowest BCUT2D eigenvalue weighted by Crippen LogP contribution is -2.30. The second-order valence-corrected chi connectivity index (χ2v) is 4.79. The zero-order valence-electron chi connectivity index (χ0n) is 10.2. The van der Waals surface area contributed by atoms with Gasteiger partial charge in [-0.25, -0.2) is 4.79 Å². The molecule has 5 nitrogen and oxygen atoms in total. The number of halogens is 1. The number of aliphatic imine (C=N–C) groups is 2.